The third-order valence-corrected chi connectivity index (χ3v) is 7.95. The smallest absolute Gasteiger partial charge is 0.275 e. The Balaban J connectivity index is 1.58. The van der Waals surface area contributed by atoms with Crippen LogP contribution in [0.5, 0.6) is 0 Å². The van der Waals surface area contributed by atoms with Crippen LogP contribution in [-0.4, -0.2) is 28.0 Å². The number of benzene rings is 1. The van der Waals surface area contributed by atoms with Crippen LogP contribution in [0.4, 0.5) is 5.69 Å². The van der Waals surface area contributed by atoms with Crippen molar-refractivity contribution in [1.82, 2.24) is 9.88 Å². The average Bonchev–Trinajstić information content (AvgIpc) is 3.33. The lowest BCUT2D eigenvalue weighted by Gasteiger charge is -2.45. The normalized spacial score (nSPS) is 26.2. The number of hydrogen-bond donors (Lipinski definition) is 1. The molecule has 6 heteroatoms. The minimum absolute atomic E-state index is 0.0635. The Morgan fingerprint density at radius 2 is 1.90 bits per heavy atom. The summed E-state index contributed by atoms with van der Waals surface area (Å²) in [6.45, 7) is 6.63. The summed E-state index contributed by atoms with van der Waals surface area (Å²) in [5.74, 6) is 0.544. The number of nitrogens with one attached hydrogen (secondary N) is 1. The fourth-order valence-electron chi connectivity index (χ4n) is 5.15. The number of thiophene rings is 1. The van der Waals surface area contributed by atoms with E-state index in [4.69, 9.17) is 0 Å². The predicted molar refractivity (Wildman–Crippen MR) is 126 cm³/mol. The van der Waals surface area contributed by atoms with Crippen LogP contribution in [0.15, 0.2) is 41.8 Å². The largest absolute Gasteiger partial charge is 0.351 e. The summed E-state index contributed by atoms with van der Waals surface area (Å²) in [7, 11) is 0. The number of rotatable bonds is 3. The van der Waals surface area contributed by atoms with Gasteiger partial charge in [-0.2, -0.15) is 0 Å². The summed E-state index contributed by atoms with van der Waals surface area (Å²) in [6.07, 6.45) is 4.29. The van der Waals surface area contributed by atoms with Gasteiger partial charge in [0.25, 0.3) is 5.91 Å². The van der Waals surface area contributed by atoms with E-state index in [0.29, 0.717) is 12.2 Å². The Labute approximate surface area is 187 Å². The van der Waals surface area contributed by atoms with E-state index in [2.05, 4.69) is 12.2 Å². The number of carbonyl (C=O) groups is 2. The quantitative estimate of drug-likeness (QED) is 0.620. The third kappa shape index (κ3) is 3.28. The molecule has 1 atom stereocenters. The van der Waals surface area contributed by atoms with Crippen LogP contribution in [0.25, 0.3) is 10.2 Å². The van der Waals surface area contributed by atoms with Crippen LogP contribution in [-0.2, 0) is 11.3 Å². The molecule has 2 amide bonds. The third-order valence-electron chi connectivity index (χ3n) is 7.10. The Bertz CT molecular complexity index is 1150. The zero-order chi connectivity index (χ0) is 21.8. The summed E-state index contributed by atoms with van der Waals surface area (Å²) in [5, 5.41) is 5.35. The number of para-hydroxylation sites is 1. The van der Waals surface area contributed by atoms with Crippen LogP contribution < -0.4 is 10.2 Å². The molecule has 1 aliphatic heterocycles. The standard InChI is InChI=1S/C25H29N3O2S/c1-16-8-10-18(11-9-16)26-24(30)25(3)15-27-20-12-13-31-22(20)14-21(27)23(29)28(25)19-7-5-4-6-17(19)2/h4-7,12-14,16,18H,8-11,15H2,1-3H3,(H,26,30)/t16?,18?,25-/m1/s1. The van der Waals surface area contributed by atoms with Crippen molar-refractivity contribution in [2.75, 3.05) is 4.90 Å². The van der Waals surface area contributed by atoms with Crippen LogP contribution in [0.3, 0.4) is 0 Å². The molecule has 31 heavy (non-hydrogen) atoms. The molecule has 0 bridgehead atoms. The van der Waals surface area contributed by atoms with Gasteiger partial charge in [-0.3, -0.25) is 14.5 Å². The van der Waals surface area contributed by atoms with Crippen molar-refractivity contribution < 1.29 is 9.59 Å². The topological polar surface area (TPSA) is 54.3 Å². The minimum atomic E-state index is -1.01. The monoisotopic (exact) mass is 435 g/mol. The second-order valence-corrected chi connectivity index (χ2v) is 10.4. The highest BCUT2D eigenvalue weighted by Gasteiger charge is 2.49. The first-order valence-corrected chi connectivity index (χ1v) is 12.0. The van der Waals surface area contributed by atoms with Crippen molar-refractivity contribution in [3.63, 3.8) is 0 Å². The molecule has 0 unspecified atom stereocenters. The number of aryl methyl sites for hydroxylation is 1. The summed E-state index contributed by atoms with van der Waals surface area (Å²) < 4.78 is 3.12. The lowest BCUT2D eigenvalue weighted by Crippen LogP contribution is -2.65. The molecule has 1 aromatic carbocycles. The SMILES string of the molecule is Cc1ccccc1N1C(=O)c2cc3sccc3n2C[C@]1(C)C(=O)NC1CCC(C)CC1. The zero-order valence-corrected chi connectivity index (χ0v) is 19.2. The van der Waals surface area contributed by atoms with Crippen LogP contribution in [0.1, 0.15) is 55.6 Å². The molecule has 3 heterocycles. The number of anilines is 1. The molecule has 1 fully saturated rings. The van der Waals surface area contributed by atoms with Gasteiger partial charge in [0, 0.05) is 11.7 Å². The van der Waals surface area contributed by atoms with Gasteiger partial charge in [-0.25, -0.2) is 0 Å². The van der Waals surface area contributed by atoms with E-state index in [-0.39, 0.29) is 17.9 Å². The molecule has 1 N–H and O–H groups in total. The number of aromatic nitrogens is 1. The maximum Gasteiger partial charge on any atom is 0.275 e. The lowest BCUT2D eigenvalue weighted by atomic mass is 9.86. The van der Waals surface area contributed by atoms with Crippen LogP contribution >= 0.6 is 11.3 Å². The van der Waals surface area contributed by atoms with Gasteiger partial charge < -0.3 is 9.88 Å². The second kappa shape index (κ2) is 7.52. The Hall–Kier alpha value is -2.60. The molecule has 0 saturated heterocycles. The number of nitrogens with zero attached hydrogens (tertiary/aromatic N) is 2. The second-order valence-electron chi connectivity index (χ2n) is 9.42. The summed E-state index contributed by atoms with van der Waals surface area (Å²) in [4.78, 5) is 29.4. The molecular weight excluding hydrogens is 406 g/mol. The highest BCUT2D eigenvalue weighted by atomic mass is 32.1. The molecule has 3 aromatic rings. The Kier molecular flexibility index (Phi) is 4.93. The minimum Gasteiger partial charge on any atom is -0.351 e. The molecule has 0 spiro atoms. The van der Waals surface area contributed by atoms with Crippen molar-refractivity contribution in [3.8, 4) is 0 Å². The fraction of sp³-hybridized carbons (Fsp3) is 0.440. The average molecular weight is 436 g/mol. The Morgan fingerprint density at radius 1 is 1.16 bits per heavy atom. The van der Waals surface area contributed by atoms with E-state index in [9.17, 15) is 9.59 Å². The lowest BCUT2D eigenvalue weighted by molar-refractivity contribution is -0.127. The maximum absolute atomic E-state index is 13.8. The van der Waals surface area contributed by atoms with Crippen molar-refractivity contribution in [2.24, 2.45) is 5.92 Å². The molecule has 5 nitrogen and oxygen atoms in total. The van der Waals surface area contributed by atoms with Crippen molar-refractivity contribution in [2.45, 2.75) is 64.6 Å². The van der Waals surface area contributed by atoms with E-state index in [1.165, 1.54) is 0 Å². The van der Waals surface area contributed by atoms with Gasteiger partial charge in [0.1, 0.15) is 11.2 Å². The highest BCUT2D eigenvalue weighted by molar-refractivity contribution is 7.17. The molecule has 1 aliphatic carbocycles. The number of hydrogen-bond acceptors (Lipinski definition) is 3. The first-order chi connectivity index (χ1) is 14.9. The van der Waals surface area contributed by atoms with Gasteiger partial charge >= 0.3 is 0 Å². The summed E-state index contributed by atoms with van der Waals surface area (Å²) >= 11 is 1.63. The van der Waals surface area contributed by atoms with Crippen molar-refractivity contribution in [3.05, 3.63) is 53.0 Å². The van der Waals surface area contributed by atoms with E-state index in [1.54, 1.807) is 16.2 Å². The van der Waals surface area contributed by atoms with Gasteiger partial charge in [0.15, 0.2) is 0 Å². The predicted octanol–water partition coefficient (Wildman–Crippen LogP) is 5.13. The first-order valence-electron chi connectivity index (χ1n) is 11.2. The molecule has 0 radical (unpaired) electrons. The number of carbonyl (C=O) groups excluding carboxylic acids is 2. The fourth-order valence-corrected chi connectivity index (χ4v) is 5.97. The first kappa shape index (κ1) is 20.3. The molecule has 2 aromatic heterocycles. The molecular formula is C25H29N3O2S. The summed E-state index contributed by atoms with van der Waals surface area (Å²) in [6, 6.07) is 12.0. The molecule has 2 aliphatic rings. The molecule has 5 rings (SSSR count). The van der Waals surface area contributed by atoms with Crippen LogP contribution in [0.2, 0.25) is 0 Å². The van der Waals surface area contributed by atoms with Gasteiger partial charge in [-0.05, 0) is 74.6 Å². The van der Waals surface area contributed by atoms with Crippen molar-refractivity contribution >= 4 is 39.1 Å². The number of amides is 2. The van der Waals surface area contributed by atoms with E-state index < -0.39 is 5.54 Å². The van der Waals surface area contributed by atoms with Gasteiger partial charge in [0.05, 0.1) is 16.8 Å². The van der Waals surface area contributed by atoms with Gasteiger partial charge in [-0.15, -0.1) is 11.3 Å². The summed E-state index contributed by atoms with van der Waals surface area (Å²) in [5.41, 5.74) is 2.47. The van der Waals surface area contributed by atoms with E-state index >= 15 is 0 Å². The number of fused-ring (bicyclic) bond motifs is 3. The van der Waals surface area contributed by atoms with E-state index in [0.717, 1.165) is 53.1 Å². The highest BCUT2D eigenvalue weighted by Crippen LogP contribution is 2.38. The maximum atomic E-state index is 13.8. The molecule has 1 saturated carbocycles. The Morgan fingerprint density at radius 3 is 2.65 bits per heavy atom. The van der Waals surface area contributed by atoms with Gasteiger partial charge in [-0.1, -0.05) is 25.1 Å². The van der Waals surface area contributed by atoms with Gasteiger partial charge in [0.2, 0.25) is 5.91 Å². The van der Waals surface area contributed by atoms with E-state index in [1.807, 2.05) is 60.2 Å². The zero-order valence-electron chi connectivity index (χ0n) is 18.4. The molecule has 162 valence electrons. The van der Waals surface area contributed by atoms with Crippen molar-refractivity contribution in [1.29, 1.82) is 0 Å². The van der Waals surface area contributed by atoms with Crippen LogP contribution in [0, 0.1) is 12.8 Å².